The molecule has 0 saturated heterocycles. The molecular weight excluding hydrogens is 250 g/mol. The topological polar surface area (TPSA) is 70.3 Å². The first kappa shape index (κ1) is 10.5. The van der Waals surface area contributed by atoms with E-state index in [2.05, 4.69) is 15.9 Å². The molecule has 0 atom stereocenters. The van der Waals surface area contributed by atoms with Crippen LogP contribution < -0.4 is 4.74 Å². The second kappa shape index (κ2) is 4.11. The van der Waals surface area contributed by atoms with E-state index < -0.39 is 5.97 Å². The summed E-state index contributed by atoms with van der Waals surface area (Å²) >= 11 is 3.06. The average molecular weight is 256 g/mol. The lowest BCUT2D eigenvalue weighted by molar-refractivity contribution is 0.0695. The van der Waals surface area contributed by atoms with Crippen LogP contribution in [0.25, 0.3) is 0 Å². The molecule has 0 aromatic heterocycles. The number of nitrogens with zero attached hydrogens (tertiary/aromatic N) is 1. The highest BCUT2D eigenvalue weighted by atomic mass is 79.9. The van der Waals surface area contributed by atoms with Gasteiger partial charge in [-0.3, -0.25) is 0 Å². The summed E-state index contributed by atoms with van der Waals surface area (Å²) in [5, 5.41) is 17.5. The number of ether oxygens (including phenoxy) is 1. The molecule has 0 aliphatic carbocycles. The SMILES string of the molecule is COc1cc(C(=O)O)c(Br)cc1C#N. The first-order valence-electron chi connectivity index (χ1n) is 3.61. The molecule has 0 heterocycles. The van der Waals surface area contributed by atoms with Gasteiger partial charge in [-0.05, 0) is 28.1 Å². The summed E-state index contributed by atoms with van der Waals surface area (Å²) in [6, 6.07) is 4.63. The average Bonchev–Trinajstić information content (AvgIpc) is 2.16. The first-order valence-corrected chi connectivity index (χ1v) is 4.40. The fourth-order valence-corrected chi connectivity index (χ4v) is 1.49. The summed E-state index contributed by atoms with van der Waals surface area (Å²) in [6.07, 6.45) is 0. The number of benzene rings is 1. The van der Waals surface area contributed by atoms with E-state index in [1.807, 2.05) is 6.07 Å². The molecule has 1 rings (SSSR count). The standard InChI is InChI=1S/C9H6BrNO3/c1-14-8-3-6(9(12)13)7(10)2-5(8)4-11/h2-3H,1H3,(H,12,13). The Morgan fingerprint density at radius 3 is 2.71 bits per heavy atom. The van der Waals surface area contributed by atoms with Crippen LogP contribution in [-0.4, -0.2) is 18.2 Å². The zero-order valence-electron chi connectivity index (χ0n) is 7.24. The van der Waals surface area contributed by atoms with Crippen molar-refractivity contribution in [1.29, 1.82) is 5.26 Å². The number of methoxy groups -OCH3 is 1. The molecule has 72 valence electrons. The summed E-state index contributed by atoms with van der Waals surface area (Å²) in [4.78, 5) is 10.7. The van der Waals surface area contributed by atoms with Gasteiger partial charge in [0.05, 0.1) is 18.2 Å². The Labute approximate surface area is 88.9 Å². The van der Waals surface area contributed by atoms with Crippen molar-refractivity contribution in [3.05, 3.63) is 27.7 Å². The molecule has 0 amide bonds. The van der Waals surface area contributed by atoms with Gasteiger partial charge in [-0.2, -0.15) is 5.26 Å². The molecule has 4 nitrogen and oxygen atoms in total. The van der Waals surface area contributed by atoms with Crippen molar-refractivity contribution in [2.24, 2.45) is 0 Å². The highest BCUT2D eigenvalue weighted by Crippen LogP contribution is 2.26. The molecule has 0 saturated carbocycles. The highest BCUT2D eigenvalue weighted by Gasteiger charge is 2.13. The number of aromatic carboxylic acids is 1. The molecule has 0 fully saturated rings. The Hall–Kier alpha value is -1.54. The molecule has 14 heavy (non-hydrogen) atoms. The second-order valence-corrected chi connectivity index (χ2v) is 3.30. The number of halogens is 1. The fraction of sp³-hybridized carbons (Fsp3) is 0.111. The molecule has 5 heteroatoms. The number of carboxylic acids is 1. The van der Waals surface area contributed by atoms with E-state index in [4.69, 9.17) is 15.1 Å². The molecule has 0 radical (unpaired) electrons. The minimum absolute atomic E-state index is 0.0702. The Kier molecular flexibility index (Phi) is 3.10. The van der Waals surface area contributed by atoms with Gasteiger partial charge in [0, 0.05) is 4.47 Å². The summed E-state index contributed by atoms with van der Waals surface area (Å²) in [7, 11) is 1.38. The smallest absolute Gasteiger partial charge is 0.336 e. The van der Waals surface area contributed by atoms with Gasteiger partial charge in [-0.25, -0.2) is 4.79 Å². The normalized spacial score (nSPS) is 9.21. The van der Waals surface area contributed by atoms with Gasteiger partial charge in [0.1, 0.15) is 11.8 Å². The van der Waals surface area contributed by atoms with Crippen LogP contribution in [0.1, 0.15) is 15.9 Å². The Morgan fingerprint density at radius 2 is 2.29 bits per heavy atom. The van der Waals surface area contributed by atoms with E-state index in [-0.39, 0.29) is 11.3 Å². The van der Waals surface area contributed by atoms with Crippen LogP contribution in [-0.2, 0) is 0 Å². The van der Waals surface area contributed by atoms with Gasteiger partial charge in [-0.1, -0.05) is 0 Å². The molecule has 1 aromatic rings. The van der Waals surface area contributed by atoms with Crippen LogP contribution in [0.5, 0.6) is 5.75 Å². The Bertz CT molecular complexity index is 423. The molecule has 1 aromatic carbocycles. The number of nitriles is 1. The largest absolute Gasteiger partial charge is 0.495 e. The lowest BCUT2D eigenvalue weighted by Gasteiger charge is -2.05. The third kappa shape index (κ3) is 1.86. The van der Waals surface area contributed by atoms with E-state index in [0.717, 1.165) is 0 Å². The third-order valence-corrected chi connectivity index (χ3v) is 2.30. The summed E-state index contributed by atoms with van der Waals surface area (Å²) in [5.41, 5.74) is 0.366. The van der Waals surface area contributed by atoms with E-state index >= 15 is 0 Å². The van der Waals surface area contributed by atoms with Crippen molar-refractivity contribution in [2.75, 3.05) is 7.11 Å². The van der Waals surface area contributed by atoms with Crippen molar-refractivity contribution in [3.8, 4) is 11.8 Å². The molecule has 0 unspecified atom stereocenters. The minimum atomic E-state index is -1.07. The summed E-state index contributed by atoms with van der Waals surface area (Å²) < 4.78 is 5.24. The fourth-order valence-electron chi connectivity index (χ4n) is 0.974. The van der Waals surface area contributed by atoms with Crippen molar-refractivity contribution in [3.63, 3.8) is 0 Å². The van der Waals surface area contributed by atoms with Gasteiger partial charge >= 0.3 is 5.97 Å². The number of carboxylic acid groups (broad SMARTS) is 1. The van der Waals surface area contributed by atoms with Gasteiger partial charge in [0.15, 0.2) is 0 Å². The van der Waals surface area contributed by atoms with Gasteiger partial charge in [0.2, 0.25) is 0 Å². The Morgan fingerprint density at radius 1 is 1.64 bits per heavy atom. The number of hydrogen-bond acceptors (Lipinski definition) is 3. The monoisotopic (exact) mass is 255 g/mol. The van der Waals surface area contributed by atoms with Crippen LogP contribution in [0.2, 0.25) is 0 Å². The molecule has 0 aliphatic rings. The van der Waals surface area contributed by atoms with Gasteiger partial charge < -0.3 is 9.84 Å². The quantitative estimate of drug-likeness (QED) is 0.878. The lowest BCUT2D eigenvalue weighted by atomic mass is 10.1. The summed E-state index contributed by atoms with van der Waals surface area (Å²) in [6.45, 7) is 0. The van der Waals surface area contributed by atoms with Crippen LogP contribution in [0, 0.1) is 11.3 Å². The predicted octanol–water partition coefficient (Wildman–Crippen LogP) is 2.03. The van der Waals surface area contributed by atoms with E-state index in [0.29, 0.717) is 10.0 Å². The maximum Gasteiger partial charge on any atom is 0.336 e. The number of rotatable bonds is 2. The molecule has 1 N–H and O–H groups in total. The van der Waals surface area contributed by atoms with E-state index in [1.165, 1.54) is 19.2 Å². The van der Waals surface area contributed by atoms with Crippen molar-refractivity contribution in [1.82, 2.24) is 0 Å². The molecule has 0 aliphatic heterocycles. The predicted molar refractivity (Wildman–Crippen MR) is 52.4 cm³/mol. The van der Waals surface area contributed by atoms with E-state index in [1.54, 1.807) is 0 Å². The highest BCUT2D eigenvalue weighted by molar-refractivity contribution is 9.10. The van der Waals surface area contributed by atoms with E-state index in [9.17, 15) is 4.79 Å². The Balaban J connectivity index is 3.39. The van der Waals surface area contributed by atoms with Crippen LogP contribution in [0.4, 0.5) is 0 Å². The molecule has 0 bridgehead atoms. The molecule has 0 spiro atoms. The number of hydrogen-bond donors (Lipinski definition) is 1. The van der Waals surface area contributed by atoms with Crippen LogP contribution >= 0.6 is 15.9 Å². The maximum atomic E-state index is 10.7. The zero-order valence-corrected chi connectivity index (χ0v) is 8.83. The van der Waals surface area contributed by atoms with Crippen molar-refractivity contribution < 1.29 is 14.6 Å². The number of carbonyl (C=O) groups is 1. The first-order chi connectivity index (χ1) is 6.60. The van der Waals surface area contributed by atoms with Gasteiger partial charge in [0.25, 0.3) is 0 Å². The van der Waals surface area contributed by atoms with Crippen LogP contribution in [0.3, 0.4) is 0 Å². The second-order valence-electron chi connectivity index (χ2n) is 2.45. The maximum absolute atomic E-state index is 10.7. The van der Waals surface area contributed by atoms with Crippen LogP contribution in [0.15, 0.2) is 16.6 Å². The van der Waals surface area contributed by atoms with Crippen molar-refractivity contribution in [2.45, 2.75) is 0 Å². The lowest BCUT2D eigenvalue weighted by Crippen LogP contribution is -2.00. The van der Waals surface area contributed by atoms with Gasteiger partial charge in [-0.15, -0.1) is 0 Å². The zero-order chi connectivity index (χ0) is 10.7. The van der Waals surface area contributed by atoms with Crippen molar-refractivity contribution >= 4 is 21.9 Å². The summed E-state index contributed by atoms with van der Waals surface area (Å²) in [5.74, 6) is -0.812. The minimum Gasteiger partial charge on any atom is -0.495 e. The third-order valence-electron chi connectivity index (χ3n) is 1.64. The molecular formula is C9H6BrNO3.